The Morgan fingerprint density at radius 1 is 1.59 bits per heavy atom. The Morgan fingerprint density at radius 3 is 2.82 bits per heavy atom. The second kappa shape index (κ2) is 6.36. The van der Waals surface area contributed by atoms with E-state index in [1.54, 1.807) is 6.92 Å². The van der Waals surface area contributed by atoms with Gasteiger partial charge in [-0.25, -0.2) is 4.39 Å². The Kier molecular flexibility index (Phi) is 5.11. The lowest BCUT2D eigenvalue weighted by molar-refractivity contribution is -0.142. The quantitative estimate of drug-likeness (QED) is 0.634. The Morgan fingerprint density at radius 2 is 2.29 bits per heavy atom. The van der Waals surface area contributed by atoms with Gasteiger partial charge in [0.25, 0.3) is 0 Å². The molecule has 1 rings (SSSR count). The molecule has 0 aliphatic rings. The molecule has 0 aliphatic carbocycles. The van der Waals surface area contributed by atoms with Crippen LogP contribution in [0.3, 0.4) is 0 Å². The normalized spacial score (nSPS) is 9.76. The van der Waals surface area contributed by atoms with Crippen LogP contribution in [-0.2, 0) is 21.3 Å². The number of carbonyl (C=O) groups excluding carboxylic acids is 1. The average molecular weight is 300 g/mol. The van der Waals surface area contributed by atoms with Crippen molar-refractivity contribution < 1.29 is 13.9 Å². The third-order valence-corrected chi connectivity index (χ3v) is 2.72. The van der Waals surface area contributed by atoms with Crippen molar-refractivity contribution in [1.29, 1.82) is 5.26 Å². The minimum atomic E-state index is -0.486. The highest BCUT2D eigenvalue weighted by Crippen LogP contribution is 2.19. The number of benzene rings is 1. The summed E-state index contributed by atoms with van der Waals surface area (Å²) in [6.07, 6.45) is -0.0258. The highest BCUT2D eigenvalue weighted by Gasteiger charge is 2.12. The first-order valence-electron chi connectivity index (χ1n) is 5.05. The first kappa shape index (κ1) is 13.7. The summed E-state index contributed by atoms with van der Waals surface area (Å²) in [7, 11) is 0. The maximum Gasteiger partial charge on any atom is 0.310 e. The van der Waals surface area contributed by atoms with Crippen molar-refractivity contribution in [3.05, 3.63) is 34.6 Å². The lowest BCUT2D eigenvalue weighted by Gasteiger charge is -2.06. The van der Waals surface area contributed by atoms with Gasteiger partial charge in [-0.3, -0.25) is 4.79 Å². The van der Waals surface area contributed by atoms with Crippen LogP contribution in [0.1, 0.15) is 23.6 Å². The number of nitrogens with zero attached hydrogens (tertiary/aromatic N) is 1. The molecule has 5 heteroatoms. The SMILES string of the molecule is CCOC(=O)Cc1cc(F)c(CBr)c(C#N)c1. The van der Waals surface area contributed by atoms with E-state index >= 15 is 0 Å². The molecule has 3 nitrogen and oxygen atoms in total. The minimum Gasteiger partial charge on any atom is -0.466 e. The van der Waals surface area contributed by atoms with Crippen molar-refractivity contribution in [2.24, 2.45) is 0 Å². The van der Waals surface area contributed by atoms with E-state index in [1.807, 2.05) is 6.07 Å². The Labute approximate surface area is 107 Å². The fourth-order valence-corrected chi connectivity index (χ4v) is 1.98. The molecule has 1 aromatic rings. The molecule has 0 radical (unpaired) electrons. The summed E-state index contributed by atoms with van der Waals surface area (Å²) in [5.41, 5.74) is 0.989. The van der Waals surface area contributed by atoms with E-state index in [-0.39, 0.29) is 23.9 Å². The fourth-order valence-electron chi connectivity index (χ4n) is 1.41. The molecule has 0 unspecified atom stereocenters. The molecule has 0 fully saturated rings. The van der Waals surface area contributed by atoms with Crippen LogP contribution in [0.25, 0.3) is 0 Å². The van der Waals surface area contributed by atoms with Gasteiger partial charge in [-0.1, -0.05) is 15.9 Å². The van der Waals surface area contributed by atoms with Crippen LogP contribution in [0, 0.1) is 17.1 Å². The largest absolute Gasteiger partial charge is 0.466 e. The van der Waals surface area contributed by atoms with Crippen molar-refractivity contribution >= 4 is 21.9 Å². The van der Waals surface area contributed by atoms with Crippen molar-refractivity contribution in [3.63, 3.8) is 0 Å². The average Bonchev–Trinajstić information content (AvgIpc) is 2.28. The smallest absolute Gasteiger partial charge is 0.310 e. The fraction of sp³-hybridized carbons (Fsp3) is 0.333. The number of ether oxygens (including phenoxy) is 1. The van der Waals surface area contributed by atoms with E-state index in [1.165, 1.54) is 12.1 Å². The van der Waals surface area contributed by atoms with Gasteiger partial charge >= 0.3 is 5.97 Å². The van der Waals surface area contributed by atoms with Crippen LogP contribution in [0.4, 0.5) is 4.39 Å². The van der Waals surface area contributed by atoms with Crippen LogP contribution in [-0.4, -0.2) is 12.6 Å². The molecule has 0 heterocycles. The van der Waals surface area contributed by atoms with Gasteiger partial charge in [-0.15, -0.1) is 0 Å². The zero-order chi connectivity index (χ0) is 12.8. The van der Waals surface area contributed by atoms with Crippen molar-refractivity contribution in [2.75, 3.05) is 6.61 Å². The van der Waals surface area contributed by atoms with Crippen molar-refractivity contribution in [3.8, 4) is 6.07 Å². The number of nitriles is 1. The lowest BCUT2D eigenvalue weighted by atomic mass is 10.0. The molecule has 0 bridgehead atoms. The molecule has 0 aromatic heterocycles. The van der Waals surface area contributed by atoms with Gasteiger partial charge in [-0.2, -0.15) is 5.26 Å². The first-order chi connectivity index (χ1) is 8.12. The number of hydrogen-bond donors (Lipinski definition) is 0. The Hall–Kier alpha value is -1.41. The van der Waals surface area contributed by atoms with E-state index in [0.717, 1.165) is 0 Å². The van der Waals surface area contributed by atoms with Crippen molar-refractivity contribution in [2.45, 2.75) is 18.7 Å². The van der Waals surface area contributed by atoms with E-state index in [4.69, 9.17) is 10.00 Å². The number of halogens is 2. The summed E-state index contributed by atoms with van der Waals surface area (Å²) in [6.45, 7) is 1.99. The van der Waals surface area contributed by atoms with Gasteiger partial charge in [0.1, 0.15) is 5.82 Å². The zero-order valence-corrected chi connectivity index (χ0v) is 10.9. The summed E-state index contributed by atoms with van der Waals surface area (Å²) >= 11 is 3.12. The molecule has 1 aromatic carbocycles. The molecule has 0 spiro atoms. The third-order valence-electron chi connectivity index (χ3n) is 2.16. The highest BCUT2D eigenvalue weighted by molar-refractivity contribution is 9.08. The number of rotatable bonds is 4. The molecule has 0 atom stereocenters. The van der Waals surface area contributed by atoms with Crippen LogP contribution >= 0.6 is 15.9 Å². The number of alkyl halides is 1. The van der Waals surface area contributed by atoms with Gasteiger partial charge < -0.3 is 4.74 Å². The highest BCUT2D eigenvalue weighted by atomic mass is 79.9. The molecule has 0 saturated heterocycles. The van der Waals surface area contributed by atoms with Gasteiger partial charge in [0.2, 0.25) is 0 Å². The lowest BCUT2D eigenvalue weighted by Crippen LogP contribution is -2.08. The summed E-state index contributed by atoms with van der Waals surface area (Å²) < 4.78 is 18.4. The summed E-state index contributed by atoms with van der Waals surface area (Å²) in [4.78, 5) is 11.2. The molecule has 90 valence electrons. The van der Waals surface area contributed by atoms with Gasteiger partial charge in [0.15, 0.2) is 0 Å². The summed E-state index contributed by atoms with van der Waals surface area (Å²) in [5.74, 6) is -0.914. The minimum absolute atomic E-state index is 0.0258. The second-order valence-electron chi connectivity index (χ2n) is 3.33. The van der Waals surface area contributed by atoms with Crippen LogP contribution < -0.4 is 0 Å². The maximum atomic E-state index is 13.6. The molecular weight excluding hydrogens is 289 g/mol. The molecule has 0 aliphatic heterocycles. The topological polar surface area (TPSA) is 50.1 Å². The van der Waals surface area contributed by atoms with Gasteiger partial charge in [0.05, 0.1) is 24.7 Å². The molecule has 0 saturated carbocycles. The maximum absolute atomic E-state index is 13.6. The van der Waals surface area contributed by atoms with Crippen molar-refractivity contribution in [1.82, 2.24) is 0 Å². The molecular formula is C12H11BrFNO2. The number of esters is 1. The van der Waals surface area contributed by atoms with Crippen LogP contribution in [0.2, 0.25) is 0 Å². The summed E-state index contributed by atoms with van der Waals surface area (Å²) in [5, 5.41) is 9.15. The van der Waals surface area contributed by atoms with E-state index < -0.39 is 11.8 Å². The Balaban J connectivity index is 3.00. The molecule has 0 N–H and O–H groups in total. The first-order valence-corrected chi connectivity index (χ1v) is 6.17. The monoisotopic (exact) mass is 299 g/mol. The van der Waals surface area contributed by atoms with Gasteiger partial charge in [-0.05, 0) is 24.6 Å². The Bertz CT molecular complexity index is 468. The van der Waals surface area contributed by atoms with E-state index in [9.17, 15) is 9.18 Å². The zero-order valence-electron chi connectivity index (χ0n) is 9.30. The predicted octanol–water partition coefficient (Wildman–Crippen LogP) is 2.70. The number of carbonyl (C=O) groups is 1. The van der Waals surface area contributed by atoms with E-state index in [0.29, 0.717) is 11.1 Å². The van der Waals surface area contributed by atoms with E-state index in [2.05, 4.69) is 15.9 Å². The van der Waals surface area contributed by atoms with Crippen LogP contribution in [0.5, 0.6) is 0 Å². The summed E-state index contributed by atoms with van der Waals surface area (Å²) in [6, 6.07) is 4.68. The molecule has 17 heavy (non-hydrogen) atoms. The molecule has 0 amide bonds. The van der Waals surface area contributed by atoms with Gasteiger partial charge in [0, 0.05) is 10.9 Å². The second-order valence-corrected chi connectivity index (χ2v) is 3.89. The number of hydrogen-bond acceptors (Lipinski definition) is 3. The third kappa shape index (κ3) is 3.53. The predicted molar refractivity (Wildman–Crippen MR) is 64.1 cm³/mol. The van der Waals surface area contributed by atoms with Crippen LogP contribution in [0.15, 0.2) is 12.1 Å². The standard InChI is InChI=1S/C12H11BrFNO2/c1-2-17-12(16)5-8-3-9(7-15)10(6-13)11(14)4-8/h3-4H,2,5-6H2,1H3.